The summed E-state index contributed by atoms with van der Waals surface area (Å²) in [5, 5.41) is 10.7. The zero-order valence-electron chi connectivity index (χ0n) is 7.31. The highest BCUT2D eigenvalue weighted by molar-refractivity contribution is 7.19. The van der Waals surface area contributed by atoms with E-state index in [1.807, 2.05) is 0 Å². The first kappa shape index (κ1) is 8.77. The molecule has 4 nitrogen and oxygen atoms in total. The van der Waals surface area contributed by atoms with Crippen molar-refractivity contribution < 1.29 is 5.11 Å². The molecule has 1 unspecified atom stereocenters. The van der Waals surface area contributed by atoms with Crippen LogP contribution in [-0.2, 0) is 0 Å². The maximum atomic E-state index is 8.97. The summed E-state index contributed by atoms with van der Waals surface area (Å²) >= 11 is 1.51. The van der Waals surface area contributed by atoms with E-state index in [1.165, 1.54) is 11.3 Å². The molecule has 0 amide bonds. The third kappa shape index (κ3) is 1.76. The number of thiazole rings is 1. The molecule has 1 aromatic heterocycles. The zero-order chi connectivity index (χ0) is 9.26. The first-order chi connectivity index (χ1) is 6.29. The molecule has 13 heavy (non-hydrogen) atoms. The minimum Gasteiger partial charge on any atom is -0.396 e. The van der Waals surface area contributed by atoms with Crippen molar-refractivity contribution in [2.24, 2.45) is 5.92 Å². The van der Waals surface area contributed by atoms with Crippen LogP contribution in [-0.4, -0.2) is 29.8 Å². The highest BCUT2D eigenvalue weighted by atomic mass is 32.1. The molecule has 1 aromatic rings. The first-order valence-electron chi connectivity index (χ1n) is 4.36. The fourth-order valence-electron chi connectivity index (χ4n) is 1.58. The molecule has 72 valence electrons. The molecule has 1 saturated heterocycles. The molecule has 1 fully saturated rings. The number of rotatable bonds is 2. The van der Waals surface area contributed by atoms with E-state index in [9.17, 15) is 0 Å². The lowest BCUT2D eigenvalue weighted by Crippen LogP contribution is -2.20. The van der Waals surface area contributed by atoms with E-state index >= 15 is 0 Å². The molecule has 0 saturated carbocycles. The Kier molecular flexibility index (Phi) is 2.37. The number of aliphatic hydroxyl groups is 1. The van der Waals surface area contributed by atoms with Gasteiger partial charge in [0.25, 0.3) is 0 Å². The van der Waals surface area contributed by atoms with Crippen LogP contribution in [0.25, 0.3) is 0 Å². The lowest BCUT2D eigenvalue weighted by atomic mass is 10.1. The Labute approximate surface area is 81.0 Å². The van der Waals surface area contributed by atoms with Crippen molar-refractivity contribution in [3.05, 3.63) is 6.20 Å². The Morgan fingerprint density at radius 1 is 1.77 bits per heavy atom. The SMILES string of the molecule is Nc1cnc(N2CCC(CO)C2)s1. The van der Waals surface area contributed by atoms with Crippen LogP contribution in [0, 0.1) is 5.92 Å². The van der Waals surface area contributed by atoms with Gasteiger partial charge in [-0.1, -0.05) is 11.3 Å². The fourth-order valence-corrected chi connectivity index (χ4v) is 2.30. The Morgan fingerprint density at radius 3 is 3.15 bits per heavy atom. The van der Waals surface area contributed by atoms with Crippen LogP contribution in [0.3, 0.4) is 0 Å². The summed E-state index contributed by atoms with van der Waals surface area (Å²) in [5.74, 6) is 0.408. The van der Waals surface area contributed by atoms with Crippen molar-refractivity contribution in [2.75, 3.05) is 30.3 Å². The summed E-state index contributed by atoms with van der Waals surface area (Å²) in [5.41, 5.74) is 5.59. The second kappa shape index (κ2) is 3.51. The quantitative estimate of drug-likeness (QED) is 0.730. The van der Waals surface area contributed by atoms with Gasteiger partial charge in [0.1, 0.15) is 5.00 Å². The van der Waals surface area contributed by atoms with Crippen LogP contribution in [0.4, 0.5) is 10.1 Å². The van der Waals surface area contributed by atoms with Gasteiger partial charge in [-0.25, -0.2) is 4.98 Å². The number of hydrogen-bond donors (Lipinski definition) is 2. The van der Waals surface area contributed by atoms with Crippen LogP contribution >= 0.6 is 11.3 Å². The Hall–Kier alpha value is -0.810. The summed E-state index contributed by atoms with van der Waals surface area (Å²) in [6.07, 6.45) is 2.74. The second-order valence-electron chi connectivity index (χ2n) is 3.33. The van der Waals surface area contributed by atoms with Crippen LogP contribution in [0.5, 0.6) is 0 Å². The van der Waals surface area contributed by atoms with Crippen molar-refractivity contribution in [3.8, 4) is 0 Å². The summed E-state index contributed by atoms with van der Waals surface area (Å²) in [4.78, 5) is 6.39. The van der Waals surface area contributed by atoms with Crippen molar-refractivity contribution in [2.45, 2.75) is 6.42 Å². The third-order valence-electron chi connectivity index (χ3n) is 2.33. The fraction of sp³-hybridized carbons (Fsp3) is 0.625. The van der Waals surface area contributed by atoms with E-state index in [0.717, 1.165) is 29.6 Å². The van der Waals surface area contributed by atoms with E-state index in [1.54, 1.807) is 6.20 Å². The molecule has 1 aliphatic rings. The van der Waals surface area contributed by atoms with E-state index < -0.39 is 0 Å². The number of aliphatic hydroxyl groups excluding tert-OH is 1. The van der Waals surface area contributed by atoms with Gasteiger partial charge >= 0.3 is 0 Å². The summed E-state index contributed by atoms with van der Waals surface area (Å²) < 4.78 is 0. The van der Waals surface area contributed by atoms with Gasteiger partial charge in [-0.05, 0) is 6.42 Å². The number of hydrogen-bond acceptors (Lipinski definition) is 5. The van der Waals surface area contributed by atoms with Crippen molar-refractivity contribution >= 4 is 21.5 Å². The third-order valence-corrected chi connectivity index (χ3v) is 3.21. The van der Waals surface area contributed by atoms with Gasteiger partial charge in [-0.2, -0.15) is 0 Å². The molecule has 2 heterocycles. The molecule has 1 atom stereocenters. The normalized spacial score (nSPS) is 22.5. The molecule has 5 heteroatoms. The van der Waals surface area contributed by atoms with Gasteiger partial charge in [-0.3, -0.25) is 0 Å². The summed E-state index contributed by atoms with van der Waals surface area (Å²) in [6, 6.07) is 0. The largest absolute Gasteiger partial charge is 0.396 e. The molecule has 0 bridgehead atoms. The monoisotopic (exact) mass is 199 g/mol. The standard InChI is InChI=1S/C8H13N3OS/c9-7-3-10-8(13-7)11-2-1-6(4-11)5-12/h3,6,12H,1-2,4-5,9H2. The molecular formula is C8H13N3OS. The number of nitrogen functional groups attached to an aromatic ring is 1. The minimum absolute atomic E-state index is 0.275. The highest BCUT2D eigenvalue weighted by Crippen LogP contribution is 2.28. The lowest BCUT2D eigenvalue weighted by Gasteiger charge is -2.13. The number of anilines is 2. The van der Waals surface area contributed by atoms with Crippen molar-refractivity contribution in [1.82, 2.24) is 4.98 Å². The van der Waals surface area contributed by atoms with Gasteiger partial charge in [0.05, 0.1) is 6.20 Å². The van der Waals surface area contributed by atoms with E-state index in [0.29, 0.717) is 5.92 Å². The predicted octanol–water partition coefficient (Wildman–Crippen LogP) is 0.544. The maximum absolute atomic E-state index is 8.97. The smallest absolute Gasteiger partial charge is 0.187 e. The van der Waals surface area contributed by atoms with Gasteiger partial charge in [0.2, 0.25) is 0 Å². The Bertz CT molecular complexity index is 289. The Balaban J connectivity index is 2.03. The topological polar surface area (TPSA) is 62.4 Å². The average Bonchev–Trinajstić information content (AvgIpc) is 2.71. The molecule has 0 radical (unpaired) electrons. The van der Waals surface area contributed by atoms with Gasteiger partial charge in [-0.15, -0.1) is 0 Å². The first-order valence-corrected chi connectivity index (χ1v) is 5.18. The van der Waals surface area contributed by atoms with E-state index in [2.05, 4.69) is 9.88 Å². The number of aromatic nitrogens is 1. The van der Waals surface area contributed by atoms with Gasteiger partial charge in [0, 0.05) is 25.6 Å². The van der Waals surface area contributed by atoms with E-state index in [-0.39, 0.29) is 6.61 Å². The van der Waals surface area contributed by atoms with Crippen LogP contribution in [0.15, 0.2) is 6.20 Å². The van der Waals surface area contributed by atoms with Gasteiger partial charge in [0.15, 0.2) is 5.13 Å². The van der Waals surface area contributed by atoms with Crippen molar-refractivity contribution in [1.29, 1.82) is 0 Å². The number of nitrogens with two attached hydrogens (primary N) is 1. The zero-order valence-corrected chi connectivity index (χ0v) is 8.13. The Morgan fingerprint density at radius 2 is 2.62 bits per heavy atom. The molecule has 0 aliphatic carbocycles. The number of nitrogens with zero attached hydrogens (tertiary/aromatic N) is 2. The van der Waals surface area contributed by atoms with Crippen LogP contribution < -0.4 is 10.6 Å². The average molecular weight is 199 g/mol. The summed E-state index contributed by atoms with van der Waals surface area (Å²) in [7, 11) is 0. The van der Waals surface area contributed by atoms with Crippen molar-refractivity contribution in [3.63, 3.8) is 0 Å². The molecule has 2 rings (SSSR count). The lowest BCUT2D eigenvalue weighted by molar-refractivity contribution is 0.238. The predicted molar refractivity (Wildman–Crippen MR) is 53.9 cm³/mol. The molecule has 3 N–H and O–H groups in total. The summed E-state index contributed by atoms with van der Waals surface area (Å²) in [6.45, 7) is 2.17. The minimum atomic E-state index is 0.275. The molecule has 1 aliphatic heterocycles. The highest BCUT2D eigenvalue weighted by Gasteiger charge is 2.23. The van der Waals surface area contributed by atoms with Gasteiger partial charge < -0.3 is 15.7 Å². The molecule has 0 spiro atoms. The second-order valence-corrected chi connectivity index (χ2v) is 4.37. The van der Waals surface area contributed by atoms with Crippen LogP contribution in [0.2, 0.25) is 0 Å². The maximum Gasteiger partial charge on any atom is 0.187 e. The molecular weight excluding hydrogens is 186 g/mol. The molecule has 0 aromatic carbocycles. The van der Waals surface area contributed by atoms with E-state index in [4.69, 9.17) is 10.8 Å². The van der Waals surface area contributed by atoms with Crippen LogP contribution in [0.1, 0.15) is 6.42 Å².